The number of thiophene rings is 1. The number of carbonyl (C=O) groups excluding carboxylic acids is 1. The van der Waals surface area contributed by atoms with Gasteiger partial charge in [0, 0.05) is 29.1 Å². The van der Waals surface area contributed by atoms with Crippen molar-refractivity contribution in [3.8, 4) is 0 Å². The van der Waals surface area contributed by atoms with E-state index in [1.54, 1.807) is 12.3 Å². The van der Waals surface area contributed by atoms with Crippen molar-refractivity contribution in [1.29, 1.82) is 0 Å². The molecular weight excluding hydrogens is 368 g/mol. The monoisotopic (exact) mass is 382 g/mol. The predicted octanol–water partition coefficient (Wildman–Crippen LogP) is 2.07. The molecule has 0 radical (unpaired) electrons. The molecule has 1 saturated heterocycles. The maximum atomic E-state index is 12.0. The highest BCUT2D eigenvalue weighted by Crippen LogP contribution is 2.19. The zero-order valence-corrected chi connectivity index (χ0v) is 14.2. The van der Waals surface area contributed by atoms with E-state index in [9.17, 15) is 4.79 Å². The highest BCUT2D eigenvalue weighted by Gasteiger charge is 2.14. The van der Waals surface area contributed by atoms with Gasteiger partial charge in [-0.3, -0.25) is 4.79 Å². The predicted molar refractivity (Wildman–Crippen MR) is 88.3 cm³/mol. The van der Waals surface area contributed by atoms with Crippen molar-refractivity contribution in [3.63, 3.8) is 0 Å². The first-order valence-corrected chi connectivity index (χ1v) is 8.56. The van der Waals surface area contributed by atoms with Gasteiger partial charge in [-0.05, 0) is 28.1 Å². The van der Waals surface area contributed by atoms with E-state index in [0.717, 1.165) is 23.3 Å². The summed E-state index contributed by atoms with van der Waals surface area (Å²) in [4.78, 5) is 23.6. The molecule has 8 heteroatoms. The number of halogens is 1. The van der Waals surface area contributed by atoms with Gasteiger partial charge in [0.05, 0.1) is 30.3 Å². The topological polar surface area (TPSA) is 67.4 Å². The van der Waals surface area contributed by atoms with Gasteiger partial charge in [0.2, 0.25) is 5.95 Å². The number of amides is 1. The molecule has 1 N–H and O–H groups in total. The summed E-state index contributed by atoms with van der Waals surface area (Å²) in [6.45, 7) is 3.35. The number of anilines is 1. The number of morpholine rings is 1. The van der Waals surface area contributed by atoms with E-state index in [4.69, 9.17) is 4.74 Å². The second kappa shape index (κ2) is 7.17. The van der Waals surface area contributed by atoms with E-state index in [1.807, 2.05) is 11.4 Å². The van der Waals surface area contributed by atoms with Gasteiger partial charge in [-0.25, -0.2) is 9.97 Å². The van der Waals surface area contributed by atoms with Gasteiger partial charge in [0.15, 0.2) is 0 Å². The number of carbonyl (C=O) groups is 1. The molecule has 6 nitrogen and oxygen atoms in total. The molecule has 2 aromatic rings. The number of nitrogens with one attached hydrogen (secondary N) is 1. The number of rotatable bonds is 4. The standard InChI is InChI=1S/C14H15BrN4O2S/c15-10-7-12(22-9-10)13(20)17-8-11-1-2-16-14(18-11)19-3-5-21-6-4-19/h1-2,7,9H,3-6,8H2,(H,17,20). The Morgan fingerprint density at radius 2 is 2.27 bits per heavy atom. The quantitative estimate of drug-likeness (QED) is 0.876. The molecule has 22 heavy (non-hydrogen) atoms. The summed E-state index contributed by atoms with van der Waals surface area (Å²) in [5.41, 5.74) is 0.792. The highest BCUT2D eigenvalue weighted by atomic mass is 79.9. The summed E-state index contributed by atoms with van der Waals surface area (Å²) in [5, 5.41) is 4.76. The van der Waals surface area contributed by atoms with Crippen LogP contribution in [-0.2, 0) is 11.3 Å². The Hall–Kier alpha value is -1.51. The average Bonchev–Trinajstić information content (AvgIpc) is 3.00. The van der Waals surface area contributed by atoms with Crippen LogP contribution in [0.15, 0.2) is 28.2 Å². The van der Waals surface area contributed by atoms with Crippen LogP contribution in [0.5, 0.6) is 0 Å². The van der Waals surface area contributed by atoms with Crippen LogP contribution in [0.25, 0.3) is 0 Å². The van der Waals surface area contributed by atoms with Crippen molar-refractivity contribution in [2.75, 3.05) is 31.2 Å². The maximum absolute atomic E-state index is 12.0. The molecule has 116 valence electrons. The Labute approximate surface area is 140 Å². The minimum absolute atomic E-state index is 0.0952. The number of nitrogens with zero attached hydrogens (tertiary/aromatic N) is 3. The SMILES string of the molecule is O=C(NCc1ccnc(N2CCOCC2)n1)c1cc(Br)cs1. The fraction of sp³-hybridized carbons (Fsp3) is 0.357. The van der Waals surface area contributed by atoms with E-state index < -0.39 is 0 Å². The van der Waals surface area contributed by atoms with Crippen LogP contribution >= 0.6 is 27.3 Å². The molecule has 1 aliphatic heterocycles. The molecule has 0 atom stereocenters. The van der Waals surface area contributed by atoms with E-state index in [-0.39, 0.29) is 5.91 Å². The van der Waals surface area contributed by atoms with Gasteiger partial charge in [-0.15, -0.1) is 11.3 Å². The van der Waals surface area contributed by atoms with Crippen molar-refractivity contribution in [1.82, 2.24) is 15.3 Å². The van der Waals surface area contributed by atoms with Crippen LogP contribution in [-0.4, -0.2) is 42.2 Å². The molecule has 0 bridgehead atoms. The molecule has 0 unspecified atom stereocenters. The Morgan fingerprint density at radius 1 is 1.45 bits per heavy atom. The third kappa shape index (κ3) is 3.82. The molecule has 3 heterocycles. The molecule has 2 aromatic heterocycles. The van der Waals surface area contributed by atoms with Crippen LogP contribution in [0.4, 0.5) is 5.95 Å². The van der Waals surface area contributed by atoms with E-state index in [1.165, 1.54) is 11.3 Å². The first-order valence-electron chi connectivity index (χ1n) is 6.89. The number of ether oxygens (including phenoxy) is 1. The van der Waals surface area contributed by atoms with Crippen molar-refractivity contribution >= 4 is 39.1 Å². The van der Waals surface area contributed by atoms with Gasteiger partial charge >= 0.3 is 0 Å². The van der Waals surface area contributed by atoms with Gasteiger partial charge in [-0.2, -0.15) is 0 Å². The summed E-state index contributed by atoms with van der Waals surface area (Å²) >= 11 is 4.75. The van der Waals surface area contributed by atoms with E-state index >= 15 is 0 Å². The number of hydrogen-bond acceptors (Lipinski definition) is 6. The Bertz CT molecular complexity index is 658. The zero-order valence-electron chi connectivity index (χ0n) is 11.8. The minimum atomic E-state index is -0.0952. The van der Waals surface area contributed by atoms with Crippen LogP contribution < -0.4 is 10.2 Å². The Balaban J connectivity index is 1.61. The fourth-order valence-corrected chi connectivity index (χ4v) is 3.43. The van der Waals surface area contributed by atoms with Gasteiger partial charge in [0.1, 0.15) is 0 Å². The van der Waals surface area contributed by atoms with Crippen LogP contribution in [0, 0.1) is 0 Å². The molecule has 0 spiro atoms. The summed E-state index contributed by atoms with van der Waals surface area (Å²) in [5.74, 6) is 0.594. The first-order chi connectivity index (χ1) is 10.7. The van der Waals surface area contributed by atoms with E-state index in [0.29, 0.717) is 30.6 Å². The summed E-state index contributed by atoms with van der Waals surface area (Å²) < 4.78 is 6.24. The third-order valence-electron chi connectivity index (χ3n) is 3.22. The smallest absolute Gasteiger partial charge is 0.261 e. The highest BCUT2D eigenvalue weighted by molar-refractivity contribution is 9.10. The Morgan fingerprint density at radius 3 is 3.00 bits per heavy atom. The normalized spacial score (nSPS) is 14.9. The lowest BCUT2D eigenvalue weighted by atomic mass is 10.3. The average molecular weight is 383 g/mol. The molecule has 1 aliphatic rings. The van der Waals surface area contributed by atoms with Crippen LogP contribution in [0.2, 0.25) is 0 Å². The van der Waals surface area contributed by atoms with Crippen LogP contribution in [0.1, 0.15) is 15.4 Å². The van der Waals surface area contributed by atoms with Crippen molar-refractivity contribution in [2.45, 2.75) is 6.54 Å². The maximum Gasteiger partial charge on any atom is 0.261 e. The second-order valence-electron chi connectivity index (χ2n) is 4.76. The molecule has 1 fully saturated rings. The molecular formula is C14H15BrN4O2S. The van der Waals surface area contributed by atoms with Crippen LogP contribution in [0.3, 0.4) is 0 Å². The molecule has 0 saturated carbocycles. The summed E-state index contributed by atoms with van der Waals surface area (Å²) in [6.07, 6.45) is 1.72. The first kappa shape index (κ1) is 15.4. The molecule has 0 aromatic carbocycles. The summed E-state index contributed by atoms with van der Waals surface area (Å²) in [6, 6.07) is 3.62. The lowest BCUT2D eigenvalue weighted by molar-refractivity contribution is 0.0954. The van der Waals surface area contributed by atoms with Crippen molar-refractivity contribution in [3.05, 3.63) is 38.8 Å². The summed E-state index contributed by atoms with van der Waals surface area (Å²) in [7, 11) is 0. The molecule has 0 aliphatic carbocycles. The number of aromatic nitrogens is 2. The third-order valence-corrected chi connectivity index (χ3v) is 4.91. The van der Waals surface area contributed by atoms with Gasteiger partial charge < -0.3 is 15.0 Å². The molecule has 3 rings (SSSR count). The molecule has 1 amide bonds. The van der Waals surface area contributed by atoms with Crippen molar-refractivity contribution in [2.24, 2.45) is 0 Å². The zero-order chi connectivity index (χ0) is 15.4. The minimum Gasteiger partial charge on any atom is -0.378 e. The lowest BCUT2D eigenvalue weighted by Crippen LogP contribution is -2.37. The number of hydrogen-bond donors (Lipinski definition) is 1. The second-order valence-corrected chi connectivity index (χ2v) is 6.59. The Kier molecular flexibility index (Phi) is 5.01. The van der Waals surface area contributed by atoms with E-state index in [2.05, 4.69) is 36.1 Å². The largest absolute Gasteiger partial charge is 0.378 e. The fourth-order valence-electron chi connectivity index (χ4n) is 2.09. The van der Waals surface area contributed by atoms with Gasteiger partial charge in [-0.1, -0.05) is 0 Å². The van der Waals surface area contributed by atoms with Gasteiger partial charge in [0.25, 0.3) is 5.91 Å². The van der Waals surface area contributed by atoms with Crippen molar-refractivity contribution < 1.29 is 9.53 Å². The lowest BCUT2D eigenvalue weighted by Gasteiger charge is -2.26.